The summed E-state index contributed by atoms with van der Waals surface area (Å²) < 4.78 is 35.9. The first-order valence-corrected chi connectivity index (χ1v) is 10.5. The molecule has 12 heteroatoms. The number of nitrogens with one attached hydrogen (secondary N) is 1. The van der Waals surface area contributed by atoms with Gasteiger partial charge in [0.15, 0.2) is 17.2 Å². The Morgan fingerprint density at radius 1 is 1.30 bits per heavy atom. The van der Waals surface area contributed by atoms with Crippen LogP contribution >= 0.6 is 0 Å². The molecule has 0 amide bonds. The second kappa shape index (κ2) is 7.08. The summed E-state index contributed by atoms with van der Waals surface area (Å²) in [6.45, 7) is 7.89. The molecule has 2 saturated heterocycles. The number of fused-ring (bicyclic) bond motifs is 2. The third-order valence-electron chi connectivity index (χ3n) is 6.08. The van der Waals surface area contributed by atoms with Crippen molar-refractivity contribution < 1.29 is 13.5 Å². The van der Waals surface area contributed by atoms with E-state index < -0.39 is 19.0 Å². The summed E-state index contributed by atoms with van der Waals surface area (Å²) in [6.07, 6.45) is 2.35. The fourth-order valence-corrected chi connectivity index (χ4v) is 4.38. The number of hydrogen-bond acceptors (Lipinski definition) is 6. The molecule has 3 aromatic heterocycles. The smallest absolute Gasteiger partial charge is 0.327 e. The minimum Gasteiger partial charge on any atom is -0.381 e. The van der Waals surface area contributed by atoms with E-state index in [1.807, 2.05) is 0 Å². The van der Waals surface area contributed by atoms with Gasteiger partial charge in [0.25, 0.3) is 5.92 Å². The van der Waals surface area contributed by atoms with E-state index in [2.05, 4.69) is 24.8 Å². The molecule has 0 aliphatic carbocycles. The van der Waals surface area contributed by atoms with Gasteiger partial charge in [0.05, 0.1) is 37.3 Å². The first-order chi connectivity index (χ1) is 15.9. The molecule has 2 aliphatic heterocycles. The number of benzene rings is 1. The van der Waals surface area contributed by atoms with Crippen LogP contribution in [0, 0.1) is 12.5 Å². The Labute approximate surface area is 185 Å². The molecule has 1 aromatic carbocycles. The van der Waals surface area contributed by atoms with Gasteiger partial charge in [0, 0.05) is 19.1 Å². The van der Waals surface area contributed by atoms with Crippen molar-refractivity contribution in [3.05, 3.63) is 46.4 Å². The first kappa shape index (κ1) is 19.8. The second-order valence-electron chi connectivity index (χ2n) is 8.43. The highest BCUT2D eigenvalue weighted by molar-refractivity contribution is 5.86. The summed E-state index contributed by atoms with van der Waals surface area (Å²) in [5.41, 5.74) is 1.96. The van der Waals surface area contributed by atoms with Gasteiger partial charge in [-0.25, -0.2) is 23.4 Å². The second-order valence-corrected chi connectivity index (χ2v) is 8.43. The van der Waals surface area contributed by atoms with E-state index in [-0.39, 0.29) is 23.4 Å². The van der Waals surface area contributed by atoms with E-state index in [0.29, 0.717) is 47.6 Å². The molecule has 0 radical (unpaired) electrons. The van der Waals surface area contributed by atoms with Gasteiger partial charge in [0.2, 0.25) is 5.95 Å². The monoisotopic (exact) mass is 452 g/mol. The summed E-state index contributed by atoms with van der Waals surface area (Å²) in [5, 5.41) is 0. The number of nitrogens with zero attached hydrogens (tertiary/aromatic N) is 7. The van der Waals surface area contributed by atoms with Crippen LogP contribution in [0.5, 0.6) is 0 Å². The summed E-state index contributed by atoms with van der Waals surface area (Å²) in [7, 11) is 0. The molecule has 1 unspecified atom stereocenters. The molecule has 0 saturated carbocycles. The lowest BCUT2D eigenvalue weighted by Gasteiger charge is -2.39. The van der Waals surface area contributed by atoms with Gasteiger partial charge in [0.1, 0.15) is 11.8 Å². The van der Waals surface area contributed by atoms with E-state index in [4.69, 9.17) is 11.3 Å². The van der Waals surface area contributed by atoms with Gasteiger partial charge < -0.3 is 14.6 Å². The van der Waals surface area contributed by atoms with Crippen molar-refractivity contribution in [2.45, 2.75) is 18.9 Å². The van der Waals surface area contributed by atoms with E-state index >= 15 is 0 Å². The van der Waals surface area contributed by atoms with Gasteiger partial charge in [-0.15, -0.1) is 0 Å². The van der Waals surface area contributed by atoms with Crippen LogP contribution in [0.1, 0.15) is 6.42 Å². The minimum absolute atomic E-state index is 0.159. The van der Waals surface area contributed by atoms with Crippen LogP contribution in [0.2, 0.25) is 0 Å². The maximum absolute atomic E-state index is 13.7. The molecule has 2 aliphatic rings. The molecule has 1 N–H and O–H groups in total. The number of ether oxygens (including phenoxy) is 1. The van der Waals surface area contributed by atoms with E-state index in [9.17, 15) is 13.6 Å². The lowest BCUT2D eigenvalue weighted by molar-refractivity contribution is -0.0265. The van der Waals surface area contributed by atoms with Crippen LogP contribution in [0.25, 0.3) is 33.0 Å². The molecular weight excluding hydrogens is 434 g/mol. The fraction of sp³-hybridized carbons (Fsp3) is 0.381. The highest BCUT2D eigenvalue weighted by Crippen LogP contribution is 2.34. The largest absolute Gasteiger partial charge is 0.381 e. The van der Waals surface area contributed by atoms with E-state index in [0.717, 1.165) is 6.42 Å². The topological polar surface area (TPSA) is 98.2 Å². The molecule has 33 heavy (non-hydrogen) atoms. The standard InChI is InChI=1S/C21H18F2N8O2/c1-24-13-2-3-14-15(6-13)31(11-25-14)19-27-17(29-9-21(22,23)10-29)16-18(28-19)30(20(32)26-16)7-12-4-5-33-8-12/h2-3,6,11-12H,4-5,7-10H2,(H,26,32). The Kier molecular flexibility index (Phi) is 4.25. The zero-order chi connectivity index (χ0) is 22.7. The Balaban J connectivity index is 1.55. The number of alkyl halides is 2. The quantitative estimate of drug-likeness (QED) is 0.478. The number of anilines is 1. The first-order valence-electron chi connectivity index (χ1n) is 10.5. The number of halogens is 2. The number of aromatic amines is 1. The van der Waals surface area contributed by atoms with Gasteiger partial charge in [-0.05, 0) is 18.6 Å². The van der Waals surface area contributed by atoms with E-state index in [1.54, 1.807) is 22.8 Å². The number of rotatable bonds is 4. The molecule has 0 bridgehead atoms. The Morgan fingerprint density at radius 3 is 2.88 bits per heavy atom. The molecule has 4 aromatic rings. The van der Waals surface area contributed by atoms with Crippen LogP contribution < -0.4 is 10.6 Å². The molecule has 1 atom stereocenters. The Bertz CT molecular complexity index is 1480. The molecule has 0 spiro atoms. The van der Waals surface area contributed by atoms with Crippen LogP contribution in [-0.4, -0.2) is 61.3 Å². The van der Waals surface area contributed by atoms with Crippen molar-refractivity contribution in [1.82, 2.24) is 29.1 Å². The summed E-state index contributed by atoms with van der Waals surface area (Å²) in [4.78, 5) is 34.0. The van der Waals surface area contributed by atoms with Gasteiger partial charge in [-0.3, -0.25) is 9.13 Å². The highest BCUT2D eigenvalue weighted by atomic mass is 19.3. The van der Waals surface area contributed by atoms with Crippen LogP contribution in [-0.2, 0) is 11.3 Å². The summed E-state index contributed by atoms with van der Waals surface area (Å²) in [6, 6.07) is 5.05. The predicted octanol–water partition coefficient (Wildman–Crippen LogP) is 2.50. The zero-order valence-electron chi connectivity index (χ0n) is 17.3. The van der Waals surface area contributed by atoms with Crippen LogP contribution in [0.3, 0.4) is 0 Å². The van der Waals surface area contributed by atoms with Crippen molar-refractivity contribution in [3.63, 3.8) is 0 Å². The number of hydrogen-bond donors (Lipinski definition) is 1. The van der Waals surface area contributed by atoms with Crippen LogP contribution in [0.15, 0.2) is 29.3 Å². The SMILES string of the molecule is [C-]#[N+]c1ccc2ncn(-c3nc(N4CC(F)(F)C4)c4[nH]c(=O)n(CC5CCOC5)c4n3)c2c1. The van der Waals surface area contributed by atoms with Gasteiger partial charge in [-0.2, -0.15) is 9.97 Å². The van der Waals surface area contributed by atoms with Gasteiger partial charge >= 0.3 is 5.69 Å². The number of imidazole rings is 2. The molecule has 10 nitrogen and oxygen atoms in total. The van der Waals surface area contributed by atoms with E-state index in [1.165, 1.54) is 15.8 Å². The number of aromatic nitrogens is 6. The molecular formula is C21H18F2N8O2. The fourth-order valence-electron chi connectivity index (χ4n) is 4.38. The summed E-state index contributed by atoms with van der Waals surface area (Å²) in [5.74, 6) is -2.23. The molecule has 6 rings (SSSR count). The molecule has 168 valence electrons. The average molecular weight is 452 g/mol. The van der Waals surface area contributed by atoms with Crippen molar-refractivity contribution in [2.24, 2.45) is 5.92 Å². The third kappa shape index (κ3) is 3.23. The highest BCUT2D eigenvalue weighted by Gasteiger charge is 2.45. The predicted molar refractivity (Wildman–Crippen MR) is 115 cm³/mol. The lowest BCUT2D eigenvalue weighted by Crippen LogP contribution is -2.56. The van der Waals surface area contributed by atoms with Crippen molar-refractivity contribution in [3.8, 4) is 5.95 Å². The number of H-pyrrole nitrogens is 1. The normalized spacial score (nSPS) is 19.8. The van der Waals surface area contributed by atoms with Crippen molar-refractivity contribution >= 4 is 33.7 Å². The third-order valence-corrected chi connectivity index (χ3v) is 6.08. The Hall–Kier alpha value is -3.85. The van der Waals surface area contributed by atoms with Crippen LogP contribution in [0.4, 0.5) is 20.3 Å². The lowest BCUT2D eigenvalue weighted by atomic mass is 10.1. The zero-order valence-corrected chi connectivity index (χ0v) is 17.3. The maximum atomic E-state index is 13.7. The van der Waals surface area contributed by atoms with Gasteiger partial charge in [-0.1, -0.05) is 6.07 Å². The average Bonchev–Trinajstić information content (AvgIpc) is 3.51. The minimum atomic E-state index is -2.81. The van der Waals surface area contributed by atoms with Crippen molar-refractivity contribution in [1.29, 1.82) is 0 Å². The molecule has 2 fully saturated rings. The van der Waals surface area contributed by atoms with Crippen molar-refractivity contribution in [2.75, 3.05) is 31.2 Å². The Morgan fingerprint density at radius 2 is 2.15 bits per heavy atom. The maximum Gasteiger partial charge on any atom is 0.327 e. The summed E-state index contributed by atoms with van der Waals surface area (Å²) >= 11 is 0. The molecule has 5 heterocycles.